The number of piperazine rings is 1. The van der Waals surface area contributed by atoms with Gasteiger partial charge in [0.1, 0.15) is 0 Å². The predicted octanol–water partition coefficient (Wildman–Crippen LogP) is 1.69. The van der Waals surface area contributed by atoms with E-state index in [1.54, 1.807) is 23.1 Å². The second-order valence-electron chi connectivity index (χ2n) is 6.90. The molecule has 10 nitrogen and oxygen atoms in total. The van der Waals surface area contributed by atoms with Crippen LogP contribution in [0, 0.1) is 10.1 Å². The summed E-state index contributed by atoms with van der Waals surface area (Å²) in [7, 11) is -0.730. The molecule has 0 bridgehead atoms. The van der Waals surface area contributed by atoms with Gasteiger partial charge in [0.2, 0.25) is 15.9 Å². The normalized spacial score (nSPS) is 14.8. The molecule has 0 saturated carbocycles. The first kappa shape index (κ1) is 22.5. The number of rotatable bonds is 7. The summed E-state index contributed by atoms with van der Waals surface area (Å²) in [6.07, 6.45) is 0.162. The van der Waals surface area contributed by atoms with Crippen molar-refractivity contribution in [1.29, 1.82) is 0 Å². The highest BCUT2D eigenvalue weighted by Crippen LogP contribution is 2.28. The number of carbonyl (C=O) groups excluding carboxylic acids is 1. The van der Waals surface area contributed by atoms with Crippen LogP contribution in [0.5, 0.6) is 11.5 Å². The van der Waals surface area contributed by atoms with Gasteiger partial charge in [0.05, 0.1) is 30.5 Å². The third-order valence-electron chi connectivity index (χ3n) is 5.08. The van der Waals surface area contributed by atoms with E-state index in [-0.39, 0.29) is 49.1 Å². The van der Waals surface area contributed by atoms with Crippen molar-refractivity contribution in [3.05, 3.63) is 58.1 Å². The highest BCUT2D eigenvalue weighted by atomic mass is 32.2. The van der Waals surface area contributed by atoms with E-state index in [1.165, 1.54) is 30.7 Å². The molecule has 2 aromatic carbocycles. The van der Waals surface area contributed by atoms with E-state index in [0.29, 0.717) is 11.5 Å². The molecular weight excluding hydrogens is 426 g/mol. The summed E-state index contributed by atoms with van der Waals surface area (Å²) in [5.74, 6) is 0.996. The van der Waals surface area contributed by atoms with Crippen molar-refractivity contribution in [2.24, 2.45) is 0 Å². The molecule has 0 radical (unpaired) electrons. The zero-order valence-electron chi connectivity index (χ0n) is 17.2. The van der Waals surface area contributed by atoms with Crippen molar-refractivity contribution in [2.45, 2.75) is 11.3 Å². The van der Waals surface area contributed by atoms with Crippen LogP contribution in [-0.2, 0) is 21.2 Å². The quantitative estimate of drug-likeness (QED) is 0.466. The number of non-ortho nitro benzene ring substituents is 1. The Labute approximate surface area is 180 Å². The summed E-state index contributed by atoms with van der Waals surface area (Å²) in [5.41, 5.74) is 0.591. The van der Waals surface area contributed by atoms with Crippen molar-refractivity contribution >= 4 is 21.6 Å². The monoisotopic (exact) mass is 449 g/mol. The average molecular weight is 449 g/mol. The van der Waals surface area contributed by atoms with Crippen LogP contribution in [0.4, 0.5) is 5.69 Å². The molecule has 1 aliphatic rings. The van der Waals surface area contributed by atoms with Crippen LogP contribution in [-0.4, -0.2) is 68.9 Å². The van der Waals surface area contributed by atoms with Gasteiger partial charge >= 0.3 is 0 Å². The summed E-state index contributed by atoms with van der Waals surface area (Å²) >= 11 is 0. The Morgan fingerprint density at radius 2 is 1.61 bits per heavy atom. The number of nitro benzene ring substituents is 1. The van der Waals surface area contributed by atoms with Crippen LogP contribution in [0.25, 0.3) is 0 Å². The van der Waals surface area contributed by atoms with Gasteiger partial charge in [-0.1, -0.05) is 6.07 Å². The Bertz CT molecular complexity index is 1060. The van der Waals surface area contributed by atoms with Crippen molar-refractivity contribution in [3.8, 4) is 11.5 Å². The fourth-order valence-corrected chi connectivity index (χ4v) is 4.77. The van der Waals surface area contributed by atoms with E-state index < -0.39 is 14.9 Å². The zero-order valence-corrected chi connectivity index (χ0v) is 18.0. The van der Waals surface area contributed by atoms with Gasteiger partial charge in [0.25, 0.3) is 5.69 Å². The highest BCUT2D eigenvalue weighted by molar-refractivity contribution is 7.89. The minimum atomic E-state index is -3.79. The molecule has 166 valence electrons. The topological polar surface area (TPSA) is 119 Å². The molecule has 0 N–H and O–H groups in total. The Kier molecular flexibility index (Phi) is 6.76. The summed E-state index contributed by atoms with van der Waals surface area (Å²) in [6.45, 7) is 0.824. The number of ether oxygens (including phenoxy) is 2. The van der Waals surface area contributed by atoms with Crippen molar-refractivity contribution in [3.63, 3.8) is 0 Å². The van der Waals surface area contributed by atoms with Crippen molar-refractivity contribution in [1.82, 2.24) is 9.21 Å². The number of amides is 1. The number of methoxy groups -OCH3 is 2. The van der Waals surface area contributed by atoms with Gasteiger partial charge in [-0.2, -0.15) is 4.31 Å². The number of hydrogen-bond acceptors (Lipinski definition) is 7. The second kappa shape index (κ2) is 9.31. The molecular formula is C20H23N3O7S. The number of sulfonamides is 1. The summed E-state index contributed by atoms with van der Waals surface area (Å²) in [4.78, 5) is 24.5. The molecule has 3 rings (SSSR count). The maximum absolute atomic E-state index is 12.8. The van der Waals surface area contributed by atoms with Gasteiger partial charge in [0, 0.05) is 38.3 Å². The average Bonchev–Trinajstić information content (AvgIpc) is 2.79. The SMILES string of the molecule is COc1ccc(CC(=O)N2CCN(S(=O)(=O)c3ccc([N+](=O)[O-])cc3)CC2)cc1OC. The number of carbonyl (C=O) groups is 1. The molecule has 11 heteroatoms. The zero-order chi connectivity index (χ0) is 22.6. The molecule has 1 aliphatic heterocycles. The molecule has 1 amide bonds. The molecule has 0 aliphatic carbocycles. The maximum Gasteiger partial charge on any atom is 0.269 e. The fraction of sp³-hybridized carbons (Fsp3) is 0.350. The molecule has 1 fully saturated rings. The van der Waals surface area contributed by atoms with Crippen LogP contribution in [0.3, 0.4) is 0 Å². The third-order valence-corrected chi connectivity index (χ3v) is 6.99. The van der Waals surface area contributed by atoms with Gasteiger partial charge in [-0.15, -0.1) is 0 Å². The van der Waals surface area contributed by atoms with E-state index in [2.05, 4.69) is 0 Å². The Balaban J connectivity index is 1.62. The van der Waals surface area contributed by atoms with Gasteiger partial charge in [-0.3, -0.25) is 14.9 Å². The van der Waals surface area contributed by atoms with Crippen LogP contribution in [0.15, 0.2) is 47.4 Å². The largest absolute Gasteiger partial charge is 0.493 e. The Hall–Kier alpha value is -3.18. The molecule has 2 aromatic rings. The lowest BCUT2D eigenvalue weighted by molar-refractivity contribution is -0.384. The summed E-state index contributed by atoms with van der Waals surface area (Å²) < 4.78 is 37.3. The molecule has 0 spiro atoms. The van der Waals surface area contributed by atoms with Gasteiger partial charge in [-0.25, -0.2) is 8.42 Å². The number of hydrogen-bond donors (Lipinski definition) is 0. The highest BCUT2D eigenvalue weighted by Gasteiger charge is 2.30. The first-order valence-electron chi connectivity index (χ1n) is 9.49. The number of nitro groups is 1. The molecule has 0 unspecified atom stereocenters. The lowest BCUT2D eigenvalue weighted by Gasteiger charge is -2.34. The van der Waals surface area contributed by atoms with Crippen LogP contribution >= 0.6 is 0 Å². The fourth-order valence-electron chi connectivity index (χ4n) is 3.34. The Morgan fingerprint density at radius 1 is 1.00 bits per heavy atom. The predicted molar refractivity (Wildman–Crippen MR) is 112 cm³/mol. The van der Waals surface area contributed by atoms with E-state index in [0.717, 1.165) is 17.7 Å². The molecule has 31 heavy (non-hydrogen) atoms. The smallest absolute Gasteiger partial charge is 0.269 e. The van der Waals surface area contributed by atoms with Crippen LogP contribution in [0.1, 0.15) is 5.56 Å². The van der Waals surface area contributed by atoms with E-state index in [1.807, 2.05) is 0 Å². The molecule has 1 saturated heterocycles. The standard InChI is InChI=1S/C20H23N3O7S/c1-29-18-8-3-15(13-19(18)30-2)14-20(24)21-9-11-22(12-10-21)31(27,28)17-6-4-16(5-7-17)23(25)26/h3-8,13H,9-12,14H2,1-2H3. The van der Waals surface area contributed by atoms with Gasteiger partial charge in [0.15, 0.2) is 11.5 Å². The van der Waals surface area contributed by atoms with E-state index in [4.69, 9.17) is 9.47 Å². The first-order chi connectivity index (χ1) is 14.8. The molecule has 1 heterocycles. The molecule has 0 aromatic heterocycles. The lowest BCUT2D eigenvalue weighted by Crippen LogP contribution is -2.50. The van der Waals surface area contributed by atoms with Crippen molar-refractivity contribution < 1.29 is 27.6 Å². The Morgan fingerprint density at radius 3 is 2.16 bits per heavy atom. The maximum atomic E-state index is 12.8. The minimum Gasteiger partial charge on any atom is -0.493 e. The van der Waals surface area contributed by atoms with E-state index >= 15 is 0 Å². The second-order valence-corrected chi connectivity index (χ2v) is 8.84. The first-order valence-corrected chi connectivity index (χ1v) is 10.9. The summed E-state index contributed by atoms with van der Waals surface area (Å²) in [5, 5.41) is 10.8. The van der Waals surface area contributed by atoms with Gasteiger partial charge < -0.3 is 14.4 Å². The molecule has 0 atom stereocenters. The number of benzene rings is 2. The summed E-state index contributed by atoms with van der Waals surface area (Å²) in [6, 6.07) is 10.0. The van der Waals surface area contributed by atoms with Crippen LogP contribution in [0.2, 0.25) is 0 Å². The number of nitrogens with zero attached hydrogens (tertiary/aromatic N) is 3. The lowest BCUT2D eigenvalue weighted by atomic mass is 10.1. The van der Waals surface area contributed by atoms with Gasteiger partial charge in [-0.05, 0) is 29.8 Å². The minimum absolute atomic E-state index is 0.0109. The van der Waals surface area contributed by atoms with Crippen LogP contribution < -0.4 is 9.47 Å². The van der Waals surface area contributed by atoms with E-state index in [9.17, 15) is 23.3 Å². The van der Waals surface area contributed by atoms with Crippen molar-refractivity contribution in [2.75, 3.05) is 40.4 Å². The third kappa shape index (κ3) is 4.94.